The highest BCUT2D eigenvalue weighted by atomic mass is 16.4. The molecule has 37 heavy (non-hydrogen) atoms. The second kappa shape index (κ2) is 10.1. The van der Waals surface area contributed by atoms with Gasteiger partial charge in [0.25, 0.3) is 11.1 Å². The molecular formula is C21H23N9O7. The number of aromatic amines is 2. The molecule has 16 heteroatoms. The van der Waals surface area contributed by atoms with Crippen LogP contribution in [0.1, 0.15) is 10.4 Å². The number of nitrogens with one attached hydrogen (secondary N) is 2. The van der Waals surface area contributed by atoms with Gasteiger partial charge >= 0.3 is 17.3 Å². The zero-order valence-corrected chi connectivity index (χ0v) is 20.1. The SMILES string of the molecule is Cn1c(=O)c2[nH]cnc2n(C)c1=O.Cn1c(=O)c2[nH]cnc2n(C)c1=O.Nc1ccc(C(=O)O)c(O)c1. The van der Waals surface area contributed by atoms with Gasteiger partial charge in [-0.25, -0.2) is 24.4 Å². The number of carboxylic acids is 1. The molecule has 0 atom stereocenters. The summed E-state index contributed by atoms with van der Waals surface area (Å²) in [5.41, 5.74) is 5.50. The van der Waals surface area contributed by atoms with E-state index in [9.17, 15) is 24.0 Å². The van der Waals surface area contributed by atoms with Gasteiger partial charge in [-0.3, -0.25) is 27.9 Å². The summed E-state index contributed by atoms with van der Waals surface area (Å²) in [5.74, 6) is -1.47. The number of fused-ring (bicyclic) bond motifs is 2. The predicted molar refractivity (Wildman–Crippen MR) is 133 cm³/mol. The van der Waals surface area contributed by atoms with E-state index in [1.54, 1.807) is 14.1 Å². The van der Waals surface area contributed by atoms with Gasteiger partial charge in [0.15, 0.2) is 11.3 Å². The number of benzene rings is 1. The number of nitrogens with zero attached hydrogens (tertiary/aromatic N) is 6. The zero-order chi connectivity index (χ0) is 27.6. The van der Waals surface area contributed by atoms with Gasteiger partial charge in [0, 0.05) is 39.9 Å². The predicted octanol–water partition coefficient (Wildman–Crippen LogP) is -1.41. The van der Waals surface area contributed by atoms with Crippen molar-refractivity contribution in [2.24, 2.45) is 28.2 Å². The fourth-order valence-corrected chi connectivity index (χ4v) is 3.27. The molecule has 0 amide bonds. The first kappa shape index (κ1) is 26.2. The molecule has 1 aromatic carbocycles. The van der Waals surface area contributed by atoms with E-state index >= 15 is 0 Å². The Morgan fingerprint density at radius 3 is 1.62 bits per heavy atom. The van der Waals surface area contributed by atoms with E-state index < -0.39 is 5.97 Å². The Labute approximate surface area is 205 Å². The molecule has 0 aliphatic heterocycles. The van der Waals surface area contributed by atoms with Crippen LogP contribution in [0.15, 0.2) is 50.0 Å². The monoisotopic (exact) mass is 513 g/mol. The summed E-state index contributed by atoms with van der Waals surface area (Å²) >= 11 is 0. The number of hydrogen-bond acceptors (Lipinski definition) is 9. The second-order valence-electron chi connectivity index (χ2n) is 7.70. The number of aromatic hydroxyl groups is 1. The van der Waals surface area contributed by atoms with Gasteiger partial charge in [-0.2, -0.15) is 0 Å². The largest absolute Gasteiger partial charge is 0.507 e. The summed E-state index contributed by atoms with van der Waals surface area (Å²) in [5, 5.41) is 17.5. The first-order valence-electron chi connectivity index (χ1n) is 10.4. The number of anilines is 1. The number of hydrogen-bond donors (Lipinski definition) is 5. The van der Waals surface area contributed by atoms with Crippen LogP contribution in [-0.2, 0) is 28.2 Å². The number of phenols is 1. The van der Waals surface area contributed by atoms with Crippen molar-refractivity contribution in [1.29, 1.82) is 0 Å². The molecule has 0 spiro atoms. The number of aromatic nitrogens is 8. The highest BCUT2D eigenvalue weighted by Crippen LogP contribution is 2.19. The highest BCUT2D eigenvalue weighted by Gasteiger charge is 2.10. The Morgan fingerprint density at radius 1 is 0.811 bits per heavy atom. The van der Waals surface area contributed by atoms with Crippen molar-refractivity contribution in [2.45, 2.75) is 0 Å². The highest BCUT2D eigenvalue weighted by molar-refractivity contribution is 5.91. The Morgan fingerprint density at radius 2 is 1.24 bits per heavy atom. The van der Waals surface area contributed by atoms with Gasteiger partial charge in [-0.05, 0) is 12.1 Å². The van der Waals surface area contributed by atoms with Crippen molar-refractivity contribution in [3.63, 3.8) is 0 Å². The van der Waals surface area contributed by atoms with E-state index in [4.69, 9.17) is 15.9 Å². The maximum absolute atomic E-state index is 11.4. The lowest BCUT2D eigenvalue weighted by atomic mass is 10.2. The van der Waals surface area contributed by atoms with Gasteiger partial charge < -0.3 is 25.9 Å². The van der Waals surface area contributed by atoms with Gasteiger partial charge in [-0.1, -0.05) is 0 Å². The van der Waals surface area contributed by atoms with E-state index in [2.05, 4.69) is 19.9 Å². The molecule has 5 aromatic rings. The summed E-state index contributed by atoms with van der Waals surface area (Å²) in [6.07, 6.45) is 2.79. The number of aromatic carboxylic acids is 1. The number of rotatable bonds is 1. The van der Waals surface area contributed by atoms with E-state index in [0.717, 1.165) is 9.13 Å². The number of imidazole rings is 2. The van der Waals surface area contributed by atoms with Crippen LogP contribution in [0, 0.1) is 0 Å². The number of nitrogens with two attached hydrogens (primary N) is 1. The molecule has 16 nitrogen and oxygen atoms in total. The van der Waals surface area contributed by atoms with Crippen LogP contribution in [0.3, 0.4) is 0 Å². The van der Waals surface area contributed by atoms with E-state index in [-0.39, 0.29) is 33.8 Å². The molecule has 4 heterocycles. The van der Waals surface area contributed by atoms with E-state index in [0.29, 0.717) is 28.0 Å². The maximum Gasteiger partial charge on any atom is 0.339 e. The number of carbonyl (C=O) groups is 1. The average molecular weight is 513 g/mol. The molecule has 0 bridgehead atoms. The van der Waals surface area contributed by atoms with Crippen LogP contribution >= 0.6 is 0 Å². The van der Waals surface area contributed by atoms with Crippen LogP contribution in [-0.4, -0.2) is 54.4 Å². The quantitative estimate of drug-likeness (QED) is 0.164. The summed E-state index contributed by atoms with van der Waals surface area (Å²) in [6.45, 7) is 0. The fraction of sp³-hybridized carbons (Fsp3) is 0.190. The lowest BCUT2D eigenvalue weighted by Gasteiger charge is -2.00. The lowest BCUT2D eigenvalue weighted by Crippen LogP contribution is -2.36. The summed E-state index contributed by atoms with van der Waals surface area (Å²) in [6, 6.07) is 3.87. The summed E-state index contributed by atoms with van der Waals surface area (Å²) in [4.78, 5) is 69.1. The number of nitrogen functional groups attached to an aromatic ring is 1. The maximum atomic E-state index is 11.4. The molecule has 0 fully saturated rings. The molecule has 0 unspecified atom stereocenters. The second-order valence-corrected chi connectivity index (χ2v) is 7.70. The standard InChI is InChI=1S/2C7H8N4O2.C7H7NO3/c2*1-10-5-4(8-3-9-5)6(12)11(2)7(10)13;8-4-1-2-5(7(10)11)6(9)3-4/h2*3H,1-2H3,(H,8,9);1-3,9H,8H2,(H,10,11). The minimum atomic E-state index is -1.16. The Kier molecular flexibility index (Phi) is 7.13. The third kappa shape index (κ3) is 4.88. The molecule has 6 N–H and O–H groups in total. The third-order valence-electron chi connectivity index (χ3n) is 5.31. The summed E-state index contributed by atoms with van der Waals surface area (Å²) in [7, 11) is 6.02. The summed E-state index contributed by atoms with van der Waals surface area (Å²) < 4.78 is 4.74. The number of aryl methyl sites for hydroxylation is 2. The van der Waals surface area contributed by atoms with Crippen molar-refractivity contribution in [3.05, 3.63) is 78.1 Å². The minimum Gasteiger partial charge on any atom is -0.507 e. The van der Waals surface area contributed by atoms with Crippen molar-refractivity contribution in [3.8, 4) is 5.75 Å². The van der Waals surface area contributed by atoms with Crippen LogP contribution in [0.5, 0.6) is 5.75 Å². The first-order valence-corrected chi connectivity index (χ1v) is 10.4. The van der Waals surface area contributed by atoms with Crippen molar-refractivity contribution < 1.29 is 15.0 Å². The normalized spacial score (nSPS) is 10.5. The molecule has 0 saturated heterocycles. The lowest BCUT2D eigenvalue weighted by molar-refractivity contribution is 0.0694. The third-order valence-corrected chi connectivity index (χ3v) is 5.31. The van der Waals surface area contributed by atoms with Gasteiger partial charge in [0.1, 0.15) is 22.3 Å². The van der Waals surface area contributed by atoms with Crippen LogP contribution in [0.25, 0.3) is 22.3 Å². The van der Waals surface area contributed by atoms with Gasteiger partial charge in [0.05, 0.1) is 12.7 Å². The molecule has 4 aromatic heterocycles. The van der Waals surface area contributed by atoms with Crippen LogP contribution in [0.4, 0.5) is 5.69 Å². The molecule has 0 aliphatic carbocycles. The smallest absolute Gasteiger partial charge is 0.339 e. The molecular weight excluding hydrogens is 490 g/mol. The van der Waals surface area contributed by atoms with Crippen LogP contribution < -0.4 is 28.2 Å². The molecule has 5 rings (SSSR count). The minimum absolute atomic E-state index is 0.140. The number of H-pyrrole nitrogens is 2. The van der Waals surface area contributed by atoms with E-state index in [1.165, 1.54) is 54.1 Å². The molecule has 0 radical (unpaired) electrons. The average Bonchev–Trinajstić information content (AvgIpc) is 3.55. The molecule has 0 saturated carbocycles. The topological polar surface area (TPSA) is 229 Å². The van der Waals surface area contributed by atoms with E-state index in [1.807, 2.05) is 0 Å². The fourth-order valence-electron chi connectivity index (χ4n) is 3.27. The van der Waals surface area contributed by atoms with Crippen molar-refractivity contribution in [1.82, 2.24) is 38.2 Å². The Hall–Kier alpha value is -5.41. The zero-order valence-electron chi connectivity index (χ0n) is 20.1. The van der Waals surface area contributed by atoms with Crippen molar-refractivity contribution in [2.75, 3.05) is 5.73 Å². The molecule has 194 valence electrons. The molecule has 0 aliphatic rings. The van der Waals surface area contributed by atoms with Crippen LogP contribution in [0.2, 0.25) is 0 Å². The Bertz CT molecular complexity index is 1760. The van der Waals surface area contributed by atoms with Gasteiger partial charge in [0.2, 0.25) is 0 Å². The van der Waals surface area contributed by atoms with Crippen molar-refractivity contribution >= 4 is 34.0 Å². The first-order chi connectivity index (χ1) is 17.4. The number of carboxylic acid groups (broad SMARTS) is 1. The Balaban J connectivity index is 0.000000155. The van der Waals surface area contributed by atoms with Gasteiger partial charge in [-0.15, -0.1) is 0 Å².